The van der Waals surface area contributed by atoms with E-state index in [1.807, 2.05) is 0 Å². The Morgan fingerprint density at radius 3 is 3.18 bits per heavy atom. The highest BCUT2D eigenvalue weighted by Gasteiger charge is 2.18. The normalized spacial score (nSPS) is 20.2. The maximum atomic E-state index is 5.45. The van der Waals surface area contributed by atoms with Gasteiger partial charge in [-0.3, -0.25) is 0 Å². The molecule has 1 aliphatic heterocycles. The van der Waals surface area contributed by atoms with Crippen LogP contribution in [0.2, 0.25) is 0 Å². The summed E-state index contributed by atoms with van der Waals surface area (Å²) in [7, 11) is 0. The Kier molecular flexibility index (Phi) is 3.01. The number of aromatic nitrogens is 2. The Morgan fingerprint density at radius 1 is 1.53 bits per heavy atom. The first-order chi connectivity index (χ1) is 8.25. The largest absolute Gasteiger partial charge is 0.331 e. The molecule has 0 amide bonds. The number of H-pyrrole nitrogens is 1. The van der Waals surface area contributed by atoms with Crippen LogP contribution in [0.1, 0.15) is 12.0 Å². The maximum Gasteiger partial charge on any atom is 0.178 e. The number of aromatic amines is 1. The van der Waals surface area contributed by atoms with E-state index in [2.05, 4.69) is 46.4 Å². The Morgan fingerprint density at radius 2 is 2.41 bits per heavy atom. The van der Waals surface area contributed by atoms with Gasteiger partial charge < -0.3 is 9.55 Å². The fraction of sp³-hybridized carbons (Fsp3) is 0.462. The SMILES string of the molecule is Cc1cccc2[nH]c(=S)n(CC3CCSC3)c12. The summed E-state index contributed by atoms with van der Waals surface area (Å²) in [6, 6.07) is 6.35. The third-order valence-corrected chi connectivity index (χ3v) is 5.01. The minimum atomic E-state index is 0.783. The van der Waals surface area contributed by atoms with Crippen LogP contribution in [0.15, 0.2) is 18.2 Å². The van der Waals surface area contributed by atoms with E-state index in [1.165, 1.54) is 34.5 Å². The highest BCUT2D eigenvalue weighted by molar-refractivity contribution is 7.99. The molecule has 1 aromatic heterocycles. The van der Waals surface area contributed by atoms with Crippen molar-refractivity contribution < 1.29 is 0 Å². The first kappa shape index (κ1) is 11.4. The molecular formula is C13H16N2S2. The van der Waals surface area contributed by atoms with Crippen molar-refractivity contribution in [2.75, 3.05) is 11.5 Å². The first-order valence-corrected chi connectivity index (χ1v) is 7.58. The molecule has 90 valence electrons. The van der Waals surface area contributed by atoms with Crippen LogP contribution in [0.5, 0.6) is 0 Å². The number of nitrogens with one attached hydrogen (secondary N) is 1. The lowest BCUT2D eigenvalue weighted by atomic mass is 10.1. The summed E-state index contributed by atoms with van der Waals surface area (Å²) in [5.41, 5.74) is 3.76. The highest BCUT2D eigenvalue weighted by Crippen LogP contribution is 2.27. The molecule has 0 aliphatic carbocycles. The Labute approximate surface area is 110 Å². The van der Waals surface area contributed by atoms with E-state index in [9.17, 15) is 0 Å². The summed E-state index contributed by atoms with van der Waals surface area (Å²) in [5, 5.41) is 0. The zero-order chi connectivity index (χ0) is 11.8. The summed E-state index contributed by atoms with van der Waals surface area (Å²) in [6.07, 6.45) is 1.32. The molecule has 3 rings (SSSR count). The number of aryl methyl sites for hydroxylation is 1. The Hall–Kier alpha value is -0.740. The molecule has 0 spiro atoms. The monoisotopic (exact) mass is 264 g/mol. The molecule has 1 saturated heterocycles. The van der Waals surface area contributed by atoms with E-state index >= 15 is 0 Å². The molecule has 0 saturated carbocycles. The third-order valence-electron chi connectivity index (χ3n) is 3.46. The van der Waals surface area contributed by atoms with Crippen molar-refractivity contribution in [2.24, 2.45) is 5.92 Å². The summed E-state index contributed by atoms with van der Waals surface area (Å²) in [5.74, 6) is 3.37. The van der Waals surface area contributed by atoms with E-state index in [1.54, 1.807) is 0 Å². The molecule has 1 unspecified atom stereocenters. The number of hydrogen-bond acceptors (Lipinski definition) is 2. The number of hydrogen-bond donors (Lipinski definition) is 1. The standard InChI is InChI=1S/C13H16N2S2/c1-9-3-2-4-11-12(9)15(13(16)14-11)7-10-5-6-17-8-10/h2-4,10H,5-8H2,1H3,(H,14,16). The molecule has 1 aliphatic rings. The van der Waals surface area contributed by atoms with Crippen LogP contribution < -0.4 is 0 Å². The van der Waals surface area contributed by atoms with Crippen LogP contribution in [0.4, 0.5) is 0 Å². The Balaban J connectivity index is 2.08. The third kappa shape index (κ3) is 2.04. The molecule has 17 heavy (non-hydrogen) atoms. The number of nitrogens with zero attached hydrogens (tertiary/aromatic N) is 1. The fourth-order valence-corrected chi connectivity index (χ4v) is 4.11. The molecule has 1 fully saturated rings. The quantitative estimate of drug-likeness (QED) is 0.834. The van der Waals surface area contributed by atoms with E-state index in [-0.39, 0.29) is 0 Å². The number of thioether (sulfide) groups is 1. The average molecular weight is 264 g/mol. The lowest BCUT2D eigenvalue weighted by Crippen LogP contribution is -2.10. The fourth-order valence-electron chi connectivity index (χ4n) is 2.56. The smallest absolute Gasteiger partial charge is 0.178 e. The van der Waals surface area contributed by atoms with Crippen molar-refractivity contribution in [1.29, 1.82) is 0 Å². The molecule has 0 radical (unpaired) electrons. The van der Waals surface area contributed by atoms with Gasteiger partial charge in [-0.15, -0.1) is 0 Å². The van der Waals surface area contributed by atoms with Crippen molar-refractivity contribution >= 4 is 35.0 Å². The van der Waals surface area contributed by atoms with Gasteiger partial charge in [-0.05, 0) is 54.6 Å². The second-order valence-electron chi connectivity index (χ2n) is 4.74. The molecule has 1 atom stereocenters. The van der Waals surface area contributed by atoms with Crippen LogP contribution in [-0.2, 0) is 6.54 Å². The number of rotatable bonds is 2. The van der Waals surface area contributed by atoms with Crippen molar-refractivity contribution in [3.8, 4) is 0 Å². The molecule has 2 nitrogen and oxygen atoms in total. The molecule has 4 heteroatoms. The predicted molar refractivity (Wildman–Crippen MR) is 77.3 cm³/mol. The topological polar surface area (TPSA) is 20.7 Å². The van der Waals surface area contributed by atoms with Gasteiger partial charge in [0.05, 0.1) is 11.0 Å². The predicted octanol–water partition coefficient (Wildman–Crippen LogP) is 3.76. The van der Waals surface area contributed by atoms with Gasteiger partial charge in [0.1, 0.15) is 0 Å². The molecule has 1 aromatic carbocycles. The zero-order valence-electron chi connectivity index (χ0n) is 9.90. The van der Waals surface area contributed by atoms with Crippen molar-refractivity contribution in [3.05, 3.63) is 28.5 Å². The molecule has 2 aromatic rings. The van der Waals surface area contributed by atoms with Gasteiger partial charge in [-0.2, -0.15) is 11.8 Å². The molecule has 2 heterocycles. The minimum Gasteiger partial charge on any atom is -0.331 e. The summed E-state index contributed by atoms with van der Waals surface area (Å²) in [6.45, 7) is 3.22. The second kappa shape index (κ2) is 4.50. The number of imidazole rings is 1. The van der Waals surface area contributed by atoms with Crippen LogP contribution in [0.3, 0.4) is 0 Å². The van der Waals surface area contributed by atoms with E-state index in [0.29, 0.717) is 0 Å². The highest BCUT2D eigenvalue weighted by atomic mass is 32.2. The zero-order valence-corrected chi connectivity index (χ0v) is 11.5. The van der Waals surface area contributed by atoms with Gasteiger partial charge in [0.15, 0.2) is 4.77 Å². The average Bonchev–Trinajstić information content (AvgIpc) is 2.89. The van der Waals surface area contributed by atoms with Gasteiger partial charge >= 0.3 is 0 Å². The van der Waals surface area contributed by atoms with Crippen LogP contribution in [0.25, 0.3) is 11.0 Å². The van der Waals surface area contributed by atoms with Crippen LogP contribution >= 0.6 is 24.0 Å². The summed E-state index contributed by atoms with van der Waals surface area (Å²) in [4.78, 5) is 3.31. The van der Waals surface area contributed by atoms with Crippen LogP contribution in [-0.4, -0.2) is 21.1 Å². The Bertz CT molecular complexity index is 591. The lowest BCUT2D eigenvalue weighted by Gasteiger charge is -2.11. The van der Waals surface area contributed by atoms with Gasteiger partial charge in [0, 0.05) is 6.54 Å². The van der Waals surface area contributed by atoms with Gasteiger partial charge in [0.2, 0.25) is 0 Å². The number of para-hydroxylation sites is 1. The minimum absolute atomic E-state index is 0.783. The van der Waals surface area contributed by atoms with E-state index < -0.39 is 0 Å². The first-order valence-electron chi connectivity index (χ1n) is 6.01. The van der Waals surface area contributed by atoms with E-state index in [4.69, 9.17) is 12.2 Å². The molecular weight excluding hydrogens is 248 g/mol. The molecule has 1 N–H and O–H groups in total. The van der Waals surface area contributed by atoms with Gasteiger partial charge in [-0.1, -0.05) is 12.1 Å². The maximum absolute atomic E-state index is 5.45. The van der Waals surface area contributed by atoms with Crippen molar-refractivity contribution in [1.82, 2.24) is 9.55 Å². The number of fused-ring (bicyclic) bond motifs is 1. The lowest BCUT2D eigenvalue weighted by molar-refractivity contribution is 0.497. The summed E-state index contributed by atoms with van der Waals surface area (Å²) < 4.78 is 3.16. The van der Waals surface area contributed by atoms with Crippen LogP contribution in [0, 0.1) is 17.6 Å². The number of benzene rings is 1. The van der Waals surface area contributed by atoms with Gasteiger partial charge in [0.25, 0.3) is 0 Å². The van der Waals surface area contributed by atoms with Crippen molar-refractivity contribution in [3.63, 3.8) is 0 Å². The molecule has 0 bridgehead atoms. The van der Waals surface area contributed by atoms with Gasteiger partial charge in [-0.25, -0.2) is 0 Å². The second-order valence-corrected chi connectivity index (χ2v) is 6.28. The summed E-state index contributed by atoms with van der Waals surface area (Å²) >= 11 is 7.51. The van der Waals surface area contributed by atoms with E-state index in [0.717, 1.165) is 17.2 Å². The van der Waals surface area contributed by atoms with Crippen molar-refractivity contribution in [2.45, 2.75) is 19.9 Å².